The minimum Gasteiger partial charge on any atom is -0.340 e. The first-order valence-corrected chi connectivity index (χ1v) is 9.05. The summed E-state index contributed by atoms with van der Waals surface area (Å²) < 4.78 is 0. The number of benzene rings is 1. The molecule has 0 N–H and O–H groups in total. The van der Waals surface area contributed by atoms with E-state index in [1.165, 1.54) is 5.56 Å². The zero-order valence-electron chi connectivity index (χ0n) is 15.2. The van der Waals surface area contributed by atoms with Crippen molar-refractivity contribution in [2.24, 2.45) is 0 Å². The Morgan fingerprint density at radius 3 is 2.78 bits per heavy atom. The summed E-state index contributed by atoms with van der Waals surface area (Å²) in [7, 11) is 1.80. The molecule has 0 atom stereocenters. The van der Waals surface area contributed by atoms with Gasteiger partial charge in [-0.1, -0.05) is 18.2 Å². The highest BCUT2D eigenvalue weighted by Crippen LogP contribution is 2.32. The molecule has 0 unspecified atom stereocenters. The molecule has 1 aliphatic rings. The SMILES string of the molecule is CN(CCc1ccncc1)C(=O)c1ccnc(N2CCc3ccccc32)n1. The van der Waals surface area contributed by atoms with Crippen molar-refractivity contribution in [3.8, 4) is 0 Å². The van der Waals surface area contributed by atoms with Crippen LogP contribution in [-0.2, 0) is 12.8 Å². The van der Waals surface area contributed by atoms with E-state index in [4.69, 9.17) is 0 Å². The molecule has 6 nitrogen and oxygen atoms in total. The molecule has 0 aliphatic carbocycles. The quantitative estimate of drug-likeness (QED) is 0.701. The summed E-state index contributed by atoms with van der Waals surface area (Å²) in [4.78, 5) is 29.5. The molecule has 6 heteroatoms. The van der Waals surface area contributed by atoms with Gasteiger partial charge in [-0.25, -0.2) is 9.97 Å². The van der Waals surface area contributed by atoms with Crippen LogP contribution in [0.25, 0.3) is 0 Å². The number of hydrogen-bond acceptors (Lipinski definition) is 5. The molecule has 0 saturated heterocycles. The second-order valence-corrected chi connectivity index (χ2v) is 6.60. The van der Waals surface area contributed by atoms with Gasteiger partial charge in [0.1, 0.15) is 5.69 Å². The summed E-state index contributed by atoms with van der Waals surface area (Å²) in [6.07, 6.45) is 6.93. The lowest BCUT2D eigenvalue weighted by molar-refractivity contribution is 0.0791. The average molecular weight is 359 g/mol. The Balaban J connectivity index is 1.48. The maximum absolute atomic E-state index is 12.8. The lowest BCUT2D eigenvalue weighted by Crippen LogP contribution is -2.30. The second-order valence-electron chi connectivity index (χ2n) is 6.60. The fraction of sp³-hybridized carbons (Fsp3) is 0.238. The third-order valence-corrected chi connectivity index (χ3v) is 4.82. The van der Waals surface area contributed by atoms with Crippen LogP contribution in [0.1, 0.15) is 21.6 Å². The maximum Gasteiger partial charge on any atom is 0.272 e. The van der Waals surface area contributed by atoms with Crippen molar-refractivity contribution >= 4 is 17.5 Å². The summed E-state index contributed by atoms with van der Waals surface area (Å²) >= 11 is 0. The van der Waals surface area contributed by atoms with Crippen LogP contribution in [0.2, 0.25) is 0 Å². The Labute approximate surface area is 158 Å². The smallest absolute Gasteiger partial charge is 0.272 e. The predicted molar refractivity (Wildman–Crippen MR) is 104 cm³/mol. The predicted octanol–water partition coefficient (Wildman–Crippen LogP) is 2.88. The number of amides is 1. The molecule has 0 radical (unpaired) electrons. The van der Waals surface area contributed by atoms with Crippen LogP contribution in [0.15, 0.2) is 61.1 Å². The third-order valence-electron chi connectivity index (χ3n) is 4.82. The van der Waals surface area contributed by atoms with Crippen molar-refractivity contribution in [1.82, 2.24) is 19.9 Å². The highest BCUT2D eigenvalue weighted by molar-refractivity contribution is 5.92. The summed E-state index contributed by atoms with van der Waals surface area (Å²) in [5.74, 6) is 0.480. The molecule has 1 aromatic carbocycles. The number of likely N-dealkylation sites (N-methyl/N-ethyl adjacent to an activating group) is 1. The fourth-order valence-electron chi connectivity index (χ4n) is 3.29. The van der Waals surface area contributed by atoms with E-state index in [-0.39, 0.29) is 5.91 Å². The van der Waals surface area contributed by atoms with E-state index in [2.05, 4.69) is 32.0 Å². The zero-order valence-corrected chi connectivity index (χ0v) is 15.2. The molecule has 4 rings (SSSR count). The first-order valence-electron chi connectivity index (χ1n) is 9.05. The van der Waals surface area contributed by atoms with Crippen LogP contribution < -0.4 is 4.90 Å². The summed E-state index contributed by atoms with van der Waals surface area (Å²) in [6.45, 7) is 1.45. The first-order chi connectivity index (χ1) is 13.2. The molecule has 3 heterocycles. The molecule has 2 aromatic heterocycles. The third kappa shape index (κ3) is 3.65. The van der Waals surface area contributed by atoms with Gasteiger partial charge in [0.2, 0.25) is 5.95 Å². The van der Waals surface area contributed by atoms with E-state index < -0.39 is 0 Å². The number of carbonyl (C=O) groups excluding carboxylic acids is 1. The van der Waals surface area contributed by atoms with E-state index in [1.807, 2.05) is 24.3 Å². The number of nitrogens with zero attached hydrogens (tertiary/aromatic N) is 5. The molecular formula is C21H21N5O. The minimum atomic E-state index is -0.0970. The number of para-hydroxylation sites is 1. The van der Waals surface area contributed by atoms with Gasteiger partial charge in [-0.3, -0.25) is 9.78 Å². The van der Waals surface area contributed by atoms with Gasteiger partial charge in [-0.15, -0.1) is 0 Å². The van der Waals surface area contributed by atoms with E-state index >= 15 is 0 Å². The molecular weight excluding hydrogens is 338 g/mol. The highest BCUT2D eigenvalue weighted by Gasteiger charge is 2.23. The molecule has 27 heavy (non-hydrogen) atoms. The van der Waals surface area contributed by atoms with E-state index in [9.17, 15) is 4.79 Å². The van der Waals surface area contributed by atoms with E-state index in [1.54, 1.807) is 36.6 Å². The Morgan fingerprint density at radius 2 is 1.93 bits per heavy atom. The normalized spacial score (nSPS) is 12.7. The molecule has 0 spiro atoms. The van der Waals surface area contributed by atoms with Crippen molar-refractivity contribution in [1.29, 1.82) is 0 Å². The Morgan fingerprint density at radius 1 is 1.11 bits per heavy atom. The largest absolute Gasteiger partial charge is 0.340 e. The molecule has 0 saturated carbocycles. The number of hydrogen-bond donors (Lipinski definition) is 0. The number of aromatic nitrogens is 3. The average Bonchev–Trinajstić information content (AvgIpc) is 3.16. The lowest BCUT2D eigenvalue weighted by atomic mass is 10.2. The minimum absolute atomic E-state index is 0.0970. The molecule has 1 amide bonds. The number of carbonyl (C=O) groups is 1. The maximum atomic E-state index is 12.8. The number of fused-ring (bicyclic) bond motifs is 1. The van der Waals surface area contributed by atoms with Crippen LogP contribution in [0.5, 0.6) is 0 Å². The topological polar surface area (TPSA) is 62.2 Å². The van der Waals surface area contributed by atoms with Crippen LogP contribution in [0.4, 0.5) is 11.6 Å². The van der Waals surface area contributed by atoms with Gasteiger partial charge in [0, 0.05) is 44.4 Å². The van der Waals surface area contributed by atoms with Crippen molar-refractivity contribution in [3.63, 3.8) is 0 Å². The van der Waals surface area contributed by atoms with Gasteiger partial charge in [-0.05, 0) is 48.2 Å². The van der Waals surface area contributed by atoms with Crippen LogP contribution >= 0.6 is 0 Å². The van der Waals surface area contributed by atoms with Gasteiger partial charge in [0.25, 0.3) is 5.91 Å². The summed E-state index contributed by atoms with van der Waals surface area (Å²) in [6, 6.07) is 13.9. The highest BCUT2D eigenvalue weighted by atomic mass is 16.2. The number of anilines is 2. The van der Waals surface area contributed by atoms with Crippen LogP contribution in [0, 0.1) is 0 Å². The monoisotopic (exact) mass is 359 g/mol. The van der Waals surface area contributed by atoms with Crippen molar-refractivity contribution in [2.45, 2.75) is 12.8 Å². The van der Waals surface area contributed by atoms with E-state index in [0.29, 0.717) is 18.2 Å². The Hall–Kier alpha value is -3.28. The van der Waals surface area contributed by atoms with Gasteiger partial charge in [0.05, 0.1) is 0 Å². The van der Waals surface area contributed by atoms with Gasteiger partial charge >= 0.3 is 0 Å². The molecule has 0 fully saturated rings. The van der Waals surface area contributed by atoms with Gasteiger partial charge < -0.3 is 9.80 Å². The van der Waals surface area contributed by atoms with Gasteiger partial charge in [-0.2, -0.15) is 0 Å². The molecule has 1 aliphatic heterocycles. The zero-order chi connectivity index (χ0) is 18.6. The number of pyridine rings is 1. The van der Waals surface area contributed by atoms with E-state index in [0.717, 1.165) is 30.6 Å². The lowest BCUT2D eigenvalue weighted by Gasteiger charge is -2.19. The summed E-state index contributed by atoms with van der Waals surface area (Å²) in [5, 5.41) is 0. The van der Waals surface area contributed by atoms with Crippen LogP contribution in [0.3, 0.4) is 0 Å². The Bertz CT molecular complexity index is 944. The van der Waals surface area contributed by atoms with Crippen molar-refractivity contribution < 1.29 is 4.79 Å². The molecule has 3 aromatic rings. The standard InChI is InChI=1S/C21H21N5O/c1-25(14-9-16-6-11-22-12-7-16)20(27)18-8-13-23-21(24-18)26-15-10-17-4-2-3-5-19(17)26/h2-8,11-13H,9-10,14-15H2,1H3. The van der Waals surface area contributed by atoms with Gasteiger partial charge in [0.15, 0.2) is 0 Å². The molecule has 0 bridgehead atoms. The second kappa shape index (κ2) is 7.53. The fourth-order valence-corrected chi connectivity index (χ4v) is 3.29. The van der Waals surface area contributed by atoms with Crippen molar-refractivity contribution in [2.75, 3.05) is 25.0 Å². The number of rotatable bonds is 5. The molecule has 136 valence electrons. The Kier molecular flexibility index (Phi) is 4.78. The first kappa shape index (κ1) is 17.1. The van der Waals surface area contributed by atoms with Crippen molar-refractivity contribution in [3.05, 3.63) is 77.9 Å². The summed E-state index contributed by atoms with van der Waals surface area (Å²) in [5.41, 5.74) is 3.98. The van der Waals surface area contributed by atoms with Crippen LogP contribution in [-0.4, -0.2) is 45.9 Å².